The Morgan fingerprint density at radius 3 is 2.86 bits per heavy atom. The molecule has 0 unspecified atom stereocenters. The number of carbonyl (C=O) groups is 1. The zero-order chi connectivity index (χ0) is 24.8. The van der Waals surface area contributed by atoms with Gasteiger partial charge in [0, 0.05) is 24.7 Å². The van der Waals surface area contributed by atoms with E-state index in [1.807, 2.05) is 57.2 Å². The number of rotatable bonds is 9. The molecular formula is C28H36N2O5. The number of nitrogens with two attached hydrogens (primary N) is 1. The summed E-state index contributed by atoms with van der Waals surface area (Å²) in [5.41, 5.74) is 9.93. The summed E-state index contributed by atoms with van der Waals surface area (Å²) in [7, 11) is 0. The summed E-state index contributed by atoms with van der Waals surface area (Å²) >= 11 is 0. The number of anilines is 1. The van der Waals surface area contributed by atoms with Gasteiger partial charge in [-0.05, 0) is 81.6 Å². The first-order chi connectivity index (χ1) is 16.9. The number of carbonyl (C=O) groups excluding carboxylic acids is 1. The van der Waals surface area contributed by atoms with Crippen LogP contribution in [0.15, 0.2) is 42.0 Å². The first-order valence-electron chi connectivity index (χ1n) is 12.4. The monoisotopic (exact) mass is 480 g/mol. The minimum absolute atomic E-state index is 0.0323. The molecule has 7 heteroatoms. The Hall–Kier alpha value is -3.19. The van der Waals surface area contributed by atoms with Gasteiger partial charge in [-0.1, -0.05) is 6.07 Å². The second-order valence-corrected chi connectivity index (χ2v) is 9.44. The van der Waals surface area contributed by atoms with Crippen LogP contribution in [0.4, 0.5) is 5.69 Å². The van der Waals surface area contributed by atoms with Gasteiger partial charge in [-0.2, -0.15) is 0 Å². The standard InChI is InChI=1S/C28H36N2O5/c1-4-32-28(31)23-6-5-11-30(16-23)15-21-12-22-8-9-24(14-27(22)34-18-21)33-17-20-7-10-26(25(29)13-20)35-19(2)3/h7-10,12-14,19,23H,4-6,11,15-18,29H2,1-3H3/t23-/m1/s1. The van der Waals surface area contributed by atoms with Crippen molar-refractivity contribution >= 4 is 17.7 Å². The Labute approximate surface area is 207 Å². The molecule has 2 N–H and O–H groups in total. The van der Waals surface area contributed by atoms with E-state index in [0.29, 0.717) is 31.3 Å². The van der Waals surface area contributed by atoms with E-state index in [0.717, 1.165) is 55.1 Å². The number of likely N-dealkylation sites (tertiary alicyclic amines) is 1. The van der Waals surface area contributed by atoms with E-state index in [1.54, 1.807) is 0 Å². The van der Waals surface area contributed by atoms with Crippen LogP contribution in [0.2, 0.25) is 0 Å². The maximum Gasteiger partial charge on any atom is 0.310 e. The zero-order valence-electron chi connectivity index (χ0n) is 20.9. The third-order valence-electron chi connectivity index (χ3n) is 6.15. The molecule has 0 saturated carbocycles. The van der Waals surface area contributed by atoms with Crippen LogP contribution < -0.4 is 19.9 Å². The molecule has 0 aromatic heterocycles. The number of fused-ring (bicyclic) bond motifs is 1. The smallest absolute Gasteiger partial charge is 0.310 e. The van der Waals surface area contributed by atoms with Crippen LogP contribution in [0, 0.1) is 5.92 Å². The molecule has 2 heterocycles. The van der Waals surface area contributed by atoms with Gasteiger partial charge in [0.25, 0.3) is 0 Å². The van der Waals surface area contributed by atoms with Gasteiger partial charge in [-0.15, -0.1) is 0 Å². The first kappa shape index (κ1) is 24.9. The van der Waals surface area contributed by atoms with E-state index < -0.39 is 0 Å². The normalized spacial score (nSPS) is 17.8. The Morgan fingerprint density at radius 1 is 1.23 bits per heavy atom. The first-order valence-corrected chi connectivity index (χ1v) is 12.4. The molecule has 0 spiro atoms. The summed E-state index contributed by atoms with van der Waals surface area (Å²) in [6.45, 7) is 9.70. The average Bonchev–Trinajstić information content (AvgIpc) is 2.84. The van der Waals surface area contributed by atoms with Crippen molar-refractivity contribution in [1.82, 2.24) is 4.90 Å². The lowest BCUT2D eigenvalue weighted by Gasteiger charge is -2.32. The predicted octanol–water partition coefficient (Wildman–Crippen LogP) is 4.69. The highest BCUT2D eigenvalue weighted by Gasteiger charge is 2.27. The molecule has 1 saturated heterocycles. The summed E-state index contributed by atoms with van der Waals surface area (Å²) in [5.74, 6) is 2.14. The van der Waals surface area contributed by atoms with Gasteiger partial charge in [0.1, 0.15) is 30.5 Å². The Balaban J connectivity index is 1.33. The van der Waals surface area contributed by atoms with E-state index in [9.17, 15) is 4.79 Å². The number of hydrogen-bond donors (Lipinski definition) is 1. The lowest BCUT2D eigenvalue weighted by Crippen LogP contribution is -2.40. The lowest BCUT2D eigenvalue weighted by molar-refractivity contribution is -0.149. The van der Waals surface area contributed by atoms with Gasteiger partial charge in [-0.25, -0.2) is 0 Å². The Bertz CT molecular complexity index is 1070. The lowest BCUT2D eigenvalue weighted by atomic mass is 9.97. The van der Waals surface area contributed by atoms with Crippen molar-refractivity contribution in [3.8, 4) is 17.2 Å². The molecule has 4 rings (SSSR count). The van der Waals surface area contributed by atoms with Crippen LogP contribution in [0.1, 0.15) is 44.7 Å². The number of piperidine rings is 1. The maximum atomic E-state index is 12.1. The molecule has 2 aromatic carbocycles. The zero-order valence-corrected chi connectivity index (χ0v) is 20.9. The van der Waals surface area contributed by atoms with Gasteiger partial charge < -0.3 is 24.7 Å². The average molecular weight is 481 g/mol. The van der Waals surface area contributed by atoms with Crippen LogP contribution in [0.5, 0.6) is 17.2 Å². The van der Waals surface area contributed by atoms with E-state index in [1.165, 1.54) is 5.57 Å². The summed E-state index contributed by atoms with van der Waals surface area (Å²) < 4.78 is 23.0. The fourth-order valence-corrected chi connectivity index (χ4v) is 4.53. The highest BCUT2D eigenvalue weighted by Crippen LogP contribution is 2.32. The minimum atomic E-state index is -0.0773. The van der Waals surface area contributed by atoms with Gasteiger partial charge in [0.2, 0.25) is 0 Å². The number of nitrogens with zero attached hydrogens (tertiary/aromatic N) is 1. The summed E-state index contributed by atoms with van der Waals surface area (Å²) in [5, 5.41) is 0. The topological polar surface area (TPSA) is 83.2 Å². The number of esters is 1. The van der Waals surface area contributed by atoms with Crippen molar-refractivity contribution in [2.75, 3.05) is 38.6 Å². The number of benzene rings is 2. The van der Waals surface area contributed by atoms with E-state index in [2.05, 4.69) is 11.0 Å². The number of ether oxygens (including phenoxy) is 4. The summed E-state index contributed by atoms with van der Waals surface area (Å²) in [6, 6.07) is 11.6. The SMILES string of the molecule is CCOC(=O)[C@@H]1CCCN(CC2=Cc3ccc(OCc4ccc(OC(C)C)c(N)c4)cc3OC2)C1. The van der Waals surface area contributed by atoms with Crippen molar-refractivity contribution in [2.24, 2.45) is 5.92 Å². The molecule has 0 radical (unpaired) electrons. The second kappa shape index (κ2) is 11.5. The molecule has 2 aliphatic rings. The van der Waals surface area contributed by atoms with Crippen molar-refractivity contribution < 1.29 is 23.7 Å². The molecule has 1 atom stereocenters. The Morgan fingerprint density at radius 2 is 2.09 bits per heavy atom. The van der Waals surface area contributed by atoms with Gasteiger partial charge in [-0.3, -0.25) is 9.69 Å². The van der Waals surface area contributed by atoms with Crippen LogP contribution in [-0.2, 0) is 16.1 Å². The van der Waals surface area contributed by atoms with Crippen molar-refractivity contribution in [3.63, 3.8) is 0 Å². The molecule has 7 nitrogen and oxygen atoms in total. The van der Waals surface area contributed by atoms with Crippen LogP contribution in [-0.4, -0.2) is 49.8 Å². The molecule has 2 aliphatic heterocycles. The van der Waals surface area contributed by atoms with Crippen LogP contribution in [0.3, 0.4) is 0 Å². The van der Waals surface area contributed by atoms with Gasteiger partial charge in [0.15, 0.2) is 0 Å². The maximum absolute atomic E-state index is 12.1. The van der Waals surface area contributed by atoms with Crippen molar-refractivity contribution in [1.29, 1.82) is 0 Å². The number of hydrogen-bond acceptors (Lipinski definition) is 7. The van der Waals surface area contributed by atoms with Gasteiger partial charge in [0.05, 0.1) is 24.3 Å². The van der Waals surface area contributed by atoms with E-state index in [4.69, 9.17) is 24.7 Å². The molecule has 0 bridgehead atoms. The summed E-state index contributed by atoms with van der Waals surface area (Å²) in [4.78, 5) is 14.5. The van der Waals surface area contributed by atoms with Crippen LogP contribution in [0.25, 0.3) is 6.08 Å². The third-order valence-corrected chi connectivity index (χ3v) is 6.15. The fourth-order valence-electron chi connectivity index (χ4n) is 4.53. The molecule has 188 valence electrons. The summed E-state index contributed by atoms with van der Waals surface area (Å²) in [6.07, 6.45) is 4.17. The predicted molar refractivity (Wildman–Crippen MR) is 137 cm³/mol. The fraction of sp³-hybridized carbons (Fsp3) is 0.464. The molecule has 35 heavy (non-hydrogen) atoms. The molecule has 1 fully saturated rings. The number of nitrogen functional groups attached to an aromatic ring is 1. The van der Waals surface area contributed by atoms with Crippen molar-refractivity contribution in [2.45, 2.75) is 46.3 Å². The highest BCUT2D eigenvalue weighted by molar-refractivity contribution is 5.72. The Kier molecular flexibility index (Phi) is 8.18. The highest BCUT2D eigenvalue weighted by atomic mass is 16.5. The van der Waals surface area contributed by atoms with E-state index >= 15 is 0 Å². The molecule has 2 aromatic rings. The third kappa shape index (κ3) is 6.69. The minimum Gasteiger partial charge on any atom is -0.489 e. The van der Waals surface area contributed by atoms with E-state index in [-0.39, 0.29) is 18.0 Å². The molecular weight excluding hydrogens is 444 g/mol. The van der Waals surface area contributed by atoms with Gasteiger partial charge >= 0.3 is 5.97 Å². The molecule has 0 aliphatic carbocycles. The quantitative estimate of drug-likeness (QED) is 0.412. The van der Waals surface area contributed by atoms with Crippen LogP contribution >= 0.6 is 0 Å². The largest absolute Gasteiger partial charge is 0.489 e. The second-order valence-electron chi connectivity index (χ2n) is 9.44. The van der Waals surface area contributed by atoms with Crippen molar-refractivity contribution in [3.05, 3.63) is 53.1 Å². The molecule has 0 amide bonds.